The summed E-state index contributed by atoms with van der Waals surface area (Å²) in [6.07, 6.45) is 10.6. The molecule has 1 aliphatic carbocycles. The Hall–Kier alpha value is -2.66. The normalized spacial score (nSPS) is 21.8. The Morgan fingerprint density at radius 2 is 1.75 bits per heavy atom. The third-order valence-electron chi connectivity index (χ3n) is 7.02. The van der Waals surface area contributed by atoms with Crippen LogP contribution in [0.15, 0.2) is 67.0 Å². The van der Waals surface area contributed by atoms with Crippen LogP contribution in [0.4, 0.5) is 5.69 Å². The summed E-state index contributed by atoms with van der Waals surface area (Å²) in [7, 11) is 0. The molecule has 2 atom stereocenters. The summed E-state index contributed by atoms with van der Waals surface area (Å²) in [5, 5.41) is 4.37. The van der Waals surface area contributed by atoms with Gasteiger partial charge in [-0.1, -0.05) is 51.3 Å². The number of benzene rings is 1. The predicted molar refractivity (Wildman–Crippen MR) is 135 cm³/mol. The number of anilines is 1. The number of aromatic nitrogens is 2. The van der Waals surface area contributed by atoms with Gasteiger partial charge < -0.3 is 14.8 Å². The molecular formula is C27H32N4S. The third-order valence-corrected chi connectivity index (χ3v) is 7.33. The van der Waals surface area contributed by atoms with Gasteiger partial charge in [0.2, 0.25) is 0 Å². The molecule has 1 aliphatic heterocycles. The van der Waals surface area contributed by atoms with Crippen LogP contribution < -0.4 is 10.2 Å². The molecule has 0 spiro atoms. The second-order valence-corrected chi connectivity index (χ2v) is 9.76. The minimum atomic E-state index is 0.00529. The lowest BCUT2D eigenvalue weighted by Crippen LogP contribution is -2.31. The molecule has 0 amide bonds. The fourth-order valence-corrected chi connectivity index (χ4v) is 5.65. The molecule has 166 valence electrons. The van der Waals surface area contributed by atoms with E-state index in [1.54, 1.807) is 0 Å². The number of nitrogens with one attached hydrogen (secondary N) is 1. The van der Waals surface area contributed by atoms with E-state index in [0.717, 1.165) is 16.5 Å². The van der Waals surface area contributed by atoms with Crippen molar-refractivity contribution < 1.29 is 0 Å². The first-order chi connectivity index (χ1) is 15.6. The Bertz CT molecular complexity index is 1050. The minimum absolute atomic E-state index is 0.00529. The van der Waals surface area contributed by atoms with Crippen LogP contribution in [0, 0.1) is 0 Å². The van der Waals surface area contributed by atoms with Crippen LogP contribution in [-0.4, -0.2) is 14.7 Å². The van der Waals surface area contributed by atoms with E-state index in [-0.39, 0.29) is 12.1 Å². The molecule has 3 aromatic rings. The molecule has 2 fully saturated rings. The van der Waals surface area contributed by atoms with Crippen molar-refractivity contribution >= 4 is 23.0 Å². The van der Waals surface area contributed by atoms with Gasteiger partial charge in [-0.3, -0.25) is 4.98 Å². The molecule has 5 heteroatoms. The second-order valence-electron chi connectivity index (χ2n) is 9.37. The van der Waals surface area contributed by atoms with E-state index in [0.29, 0.717) is 12.0 Å². The molecule has 1 saturated carbocycles. The molecule has 2 aromatic heterocycles. The van der Waals surface area contributed by atoms with Crippen molar-refractivity contribution in [3.63, 3.8) is 0 Å². The number of pyridine rings is 1. The van der Waals surface area contributed by atoms with E-state index in [2.05, 4.69) is 83.4 Å². The molecule has 1 aromatic carbocycles. The van der Waals surface area contributed by atoms with Gasteiger partial charge in [-0.15, -0.1) is 0 Å². The highest BCUT2D eigenvalue weighted by molar-refractivity contribution is 7.80. The van der Waals surface area contributed by atoms with Crippen LogP contribution >= 0.6 is 12.2 Å². The van der Waals surface area contributed by atoms with Crippen molar-refractivity contribution in [3.05, 3.63) is 83.9 Å². The smallest absolute Gasteiger partial charge is 0.174 e. The first-order valence-corrected chi connectivity index (χ1v) is 12.3. The third kappa shape index (κ3) is 3.95. The second kappa shape index (κ2) is 9.07. The molecule has 1 N–H and O–H groups in total. The van der Waals surface area contributed by atoms with Crippen LogP contribution in [0.25, 0.3) is 0 Å². The number of hydrogen-bond donors (Lipinski definition) is 1. The quantitative estimate of drug-likeness (QED) is 0.445. The summed E-state index contributed by atoms with van der Waals surface area (Å²) >= 11 is 5.91. The number of rotatable bonds is 5. The predicted octanol–water partition coefficient (Wildman–Crippen LogP) is 6.69. The van der Waals surface area contributed by atoms with Crippen molar-refractivity contribution in [2.45, 2.75) is 70.0 Å². The molecule has 2 aliphatic rings. The van der Waals surface area contributed by atoms with Crippen LogP contribution in [0.1, 0.15) is 86.9 Å². The van der Waals surface area contributed by atoms with Crippen LogP contribution in [0.3, 0.4) is 0 Å². The average molecular weight is 445 g/mol. The van der Waals surface area contributed by atoms with Crippen molar-refractivity contribution in [2.24, 2.45) is 0 Å². The highest BCUT2D eigenvalue weighted by Crippen LogP contribution is 2.43. The average Bonchev–Trinajstić information content (AvgIpc) is 3.44. The van der Waals surface area contributed by atoms with Crippen LogP contribution in [0.5, 0.6) is 0 Å². The van der Waals surface area contributed by atoms with Gasteiger partial charge in [0.15, 0.2) is 5.11 Å². The van der Waals surface area contributed by atoms with Crippen molar-refractivity contribution in [3.8, 4) is 0 Å². The first kappa shape index (κ1) is 21.2. The molecular weight excluding hydrogens is 412 g/mol. The lowest BCUT2D eigenvalue weighted by atomic mass is 9.94. The number of thiocarbonyl (C=S) groups is 1. The van der Waals surface area contributed by atoms with Crippen LogP contribution in [-0.2, 0) is 0 Å². The molecule has 4 nitrogen and oxygen atoms in total. The molecule has 5 rings (SSSR count). The van der Waals surface area contributed by atoms with E-state index in [1.807, 2.05) is 12.3 Å². The largest absolute Gasteiger partial charge is 0.351 e. The van der Waals surface area contributed by atoms with Crippen molar-refractivity contribution in [1.29, 1.82) is 0 Å². The van der Waals surface area contributed by atoms with E-state index in [9.17, 15) is 0 Å². The van der Waals surface area contributed by atoms with Crippen molar-refractivity contribution in [2.75, 3.05) is 4.90 Å². The van der Waals surface area contributed by atoms with Gasteiger partial charge in [0, 0.05) is 29.8 Å². The van der Waals surface area contributed by atoms with Gasteiger partial charge in [0.05, 0.1) is 11.7 Å². The fraction of sp³-hybridized carbons (Fsp3) is 0.407. The maximum Gasteiger partial charge on any atom is 0.174 e. The van der Waals surface area contributed by atoms with Crippen molar-refractivity contribution in [1.82, 2.24) is 14.9 Å². The van der Waals surface area contributed by atoms with E-state index >= 15 is 0 Å². The van der Waals surface area contributed by atoms with Gasteiger partial charge in [-0.2, -0.15) is 0 Å². The zero-order chi connectivity index (χ0) is 22.1. The standard InChI is InChI=1S/C27H32N4S/c1-19(2)20-13-15-22(16-14-20)31-26(25(29-27(31)32)23-11-6-7-17-28-23)24-12-8-18-30(24)21-9-4-3-5-10-21/h6-8,11-19,21,25-26H,3-5,9-10H2,1-2H3,(H,29,32)/t25-,26-/m1/s1. The molecule has 0 radical (unpaired) electrons. The highest BCUT2D eigenvalue weighted by atomic mass is 32.1. The van der Waals surface area contributed by atoms with Crippen LogP contribution in [0.2, 0.25) is 0 Å². The Morgan fingerprint density at radius 3 is 2.44 bits per heavy atom. The van der Waals surface area contributed by atoms with Gasteiger partial charge >= 0.3 is 0 Å². The SMILES string of the molecule is CC(C)c1ccc(N2C(=S)N[C@H](c3ccccn3)[C@H]2c2cccn2C2CCCCC2)cc1. The van der Waals surface area contributed by atoms with Gasteiger partial charge in [-0.25, -0.2) is 0 Å². The number of hydrogen-bond acceptors (Lipinski definition) is 2. The first-order valence-electron chi connectivity index (χ1n) is 11.9. The topological polar surface area (TPSA) is 33.1 Å². The molecule has 3 heterocycles. The van der Waals surface area contributed by atoms with E-state index < -0.39 is 0 Å². The zero-order valence-electron chi connectivity index (χ0n) is 18.9. The summed E-state index contributed by atoms with van der Waals surface area (Å²) in [5.74, 6) is 0.508. The van der Waals surface area contributed by atoms with Gasteiger partial charge in [0.1, 0.15) is 6.04 Å². The molecule has 0 unspecified atom stereocenters. The number of nitrogens with zero attached hydrogens (tertiary/aromatic N) is 3. The Kier molecular flexibility index (Phi) is 6.01. The van der Waals surface area contributed by atoms with Gasteiger partial charge in [-0.05, 0) is 72.9 Å². The summed E-state index contributed by atoms with van der Waals surface area (Å²) in [4.78, 5) is 7.00. The lowest BCUT2D eigenvalue weighted by Gasteiger charge is -2.32. The summed E-state index contributed by atoms with van der Waals surface area (Å²) in [5.41, 5.74) is 4.81. The molecule has 0 bridgehead atoms. The monoisotopic (exact) mass is 444 g/mol. The summed E-state index contributed by atoms with van der Waals surface area (Å²) in [6, 6.07) is 20.1. The lowest BCUT2D eigenvalue weighted by molar-refractivity contribution is 0.340. The summed E-state index contributed by atoms with van der Waals surface area (Å²) in [6.45, 7) is 4.46. The molecule has 1 saturated heterocycles. The van der Waals surface area contributed by atoms with E-state index in [4.69, 9.17) is 17.2 Å². The fourth-order valence-electron chi connectivity index (χ4n) is 5.30. The Balaban J connectivity index is 1.58. The van der Waals surface area contributed by atoms with E-state index in [1.165, 1.54) is 43.4 Å². The maximum atomic E-state index is 5.91. The molecule has 32 heavy (non-hydrogen) atoms. The highest BCUT2D eigenvalue weighted by Gasteiger charge is 2.42. The Morgan fingerprint density at radius 1 is 0.969 bits per heavy atom. The summed E-state index contributed by atoms with van der Waals surface area (Å²) < 4.78 is 2.52. The Labute approximate surface area is 196 Å². The van der Waals surface area contributed by atoms with Gasteiger partial charge in [0.25, 0.3) is 0 Å². The minimum Gasteiger partial charge on any atom is -0.351 e. The maximum absolute atomic E-state index is 5.91. The zero-order valence-corrected chi connectivity index (χ0v) is 19.8.